The van der Waals surface area contributed by atoms with Crippen LogP contribution in [0.1, 0.15) is 31.4 Å². The summed E-state index contributed by atoms with van der Waals surface area (Å²) in [6.07, 6.45) is 1.01. The predicted octanol–water partition coefficient (Wildman–Crippen LogP) is 1.78. The van der Waals surface area contributed by atoms with Gasteiger partial charge in [-0.25, -0.2) is 4.39 Å². The van der Waals surface area contributed by atoms with E-state index >= 15 is 0 Å². The summed E-state index contributed by atoms with van der Waals surface area (Å²) in [5.41, 5.74) is 1.21. The van der Waals surface area contributed by atoms with Gasteiger partial charge in [0.15, 0.2) is 5.96 Å². The lowest BCUT2D eigenvalue weighted by atomic mass is 10.1. The van der Waals surface area contributed by atoms with Crippen LogP contribution in [0.5, 0.6) is 0 Å². The molecule has 0 aliphatic carbocycles. The summed E-state index contributed by atoms with van der Waals surface area (Å²) in [5.74, 6) is 0.331. The molecule has 0 radical (unpaired) electrons. The van der Waals surface area contributed by atoms with Gasteiger partial charge in [0.2, 0.25) is 0 Å². The van der Waals surface area contributed by atoms with Crippen LogP contribution in [0, 0.1) is 5.82 Å². The molecule has 0 saturated carbocycles. The van der Waals surface area contributed by atoms with Crippen LogP contribution in [0.2, 0.25) is 0 Å². The Morgan fingerprint density at radius 1 is 1.47 bits per heavy atom. The zero-order valence-electron chi connectivity index (χ0n) is 11.7. The van der Waals surface area contributed by atoms with Crippen LogP contribution in [-0.2, 0) is 13.2 Å². The lowest BCUT2D eigenvalue weighted by Gasteiger charge is -2.16. The van der Waals surface area contributed by atoms with Crippen LogP contribution in [0.15, 0.2) is 23.2 Å². The van der Waals surface area contributed by atoms with Crippen molar-refractivity contribution in [1.29, 1.82) is 0 Å². The van der Waals surface area contributed by atoms with Crippen LogP contribution in [-0.4, -0.2) is 24.2 Å². The van der Waals surface area contributed by atoms with Crippen molar-refractivity contribution in [2.75, 3.05) is 7.05 Å². The number of aliphatic imine (C=N–C) groups is 1. The molecule has 1 rings (SSSR count). The van der Waals surface area contributed by atoms with Gasteiger partial charge >= 0.3 is 0 Å². The highest BCUT2D eigenvalue weighted by Crippen LogP contribution is 2.10. The maximum Gasteiger partial charge on any atom is 0.191 e. The minimum absolute atomic E-state index is 0.292. The Balaban J connectivity index is 2.60. The molecule has 5 heteroatoms. The van der Waals surface area contributed by atoms with E-state index in [1.165, 1.54) is 6.07 Å². The zero-order chi connectivity index (χ0) is 14.3. The van der Waals surface area contributed by atoms with Gasteiger partial charge < -0.3 is 15.7 Å². The molecule has 106 valence electrons. The van der Waals surface area contributed by atoms with Gasteiger partial charge in [0.1, 0.15) is 5.82 Å². The van der Waals surface area contributed by atoms with Crippen molar-refractivity contribution in [3.63, 3.8) is 0 Å². The van der Waals surface area contributed by atoms with Gasteiger partial charge in [-0.05, 0) is 31.0 Å². The molecule has 0 heterocycles. The number of benzene rings is 1. The molecule has 1 atom stereocenters. The molecule has 0 fully saturated rings. The van der Waals surface area contributed by atoms with Crippen molar-refractivity contribution in [3.8, 4) is 0 Å². The molecule has 0 aromatic heterocycles. The number of halogens is 1. The van der Waals surface area contributed by atoms with E-state index < -0.39 is 0 Å². The SMILES string of the molecule is CCC(C)NC(=NC)NCc1ccc(F)c(CO)c1. The van der Waals surface area contributed by atoms with Crippen molar-refractivity contribution in [3.05, 3.63) is 35.1 Å². The van der Waals surface area contributed by atoms with Gasteiger partial charge in [-0.1, -0.05) is 13.0 Å². The van der Waals surface area contributed by atoms with Crippen molar-refractivity contribution >= 4 is 5.96 Å². The number of aliphatic hydroxyl groups excluding tert-OH is 1. The number of aliphatic hydroxyl groups is 1. The first-order chi connectivity index (χ1) is 9.10. The first kappa shape index (κ1) is 15.4. The Kier molecular flexibility index (Phi) is 6.29. The fraction of sp³-hybridized carbons (Fsp3) is 0.500. The normalized spacial score (nSPS) is 13.2. The molecule has 0 bridgehead atoms. The van der Waals surface area contributed by atoms with E-state index in [0.717, 1.165) is 12.0 Å². The van der Waals surface area contributed by atoms with E-state index in [2.05, 4.69) is 29.5 Å². The molecule has 3 N–H and O–H groups in total. The Hall–Kier alpha value is -1.62. The van der Waals surface area contributed by atoms with Crippen LogP contribution in [0.4, 0.5) is 4.39 Å². The maximum absolute atomic E-state index is 13.2. The molecule has 19 heavy (non-hydrogen) atoms. The lowest BCUT2D eigenvalue weighted by Crippen LogP contribution is -2.41. The molecule has 0 aliphatic heterocycles. The van der Waals surface area contributed by atoms with Gasteiger partial charge in [-0.3, -0.25) is 4.99 Å². The van der Waals surface area contributed by atoms with Crippen molar-refractivity contribution in [1.82, 2.24) is 10.6 Å². The van der Waals surface area contributed by atoms with E-state index in [1.807, 2.05) is 0 Å². The minimum Gasteiger partial charge on any atom is -0.392 e. The molecule has 0 spiro atoms. The number of guanidine groups is 1. The standard InChI is InChI=1S/C14H22FN3O/c1-4-10(2)18-14(16-3)17-8-11-5-6-13(15)12(7-11)9-19/h5-7,10,19H,4,8-9H2,1-3H3,(H2,16,17,18). The molecule has 0 amide bonds. The second kappa shape index (κ2) is 7.74. The third kappa shape index (κ3) is 4.87. The number of nitrogens with one attached hydrogen (secondary N) is 2. The Bertz CT molecular complexity index is 435. The first-order valence-electron chi connectivity index (χ1n) is 6.46. The van der Waals surface area contributed by atoms with Crippen LogP contribution >= 0.6 is 0 Å². The number of hydrogen-bond acceptors (Lipinski definition) is 2. The second-order valence-corrected chi connectivity index (χ2v) is 4.46. The third-order valence-corrected chi connectivity index (χ3v) is 2.96. The topological polar surface area (TPSA) is 56.7 Å². The highest BCUT2D eigenvalue weighted by atomic mass is 19.1. The van der Waals surface area contributed by atoms with E-state index in [1.54, 1.807) is 19.2 Å². The molecule has 4 nitrogen and oxygen atoms in total. The summed E-state index contributed by atoms with van der Waals surface area (Å²) in [6, 6.07) is 5.05. The van der Waals surface area contributed by atoms with Gasteiger partial charge in [-0.2, -0.15) is 0 Å². The molecule has 1 aromatic carbocycles. The summed E-state index contributed by atoms with van der Waals surface area (Å²) >= 11 is 0. The number of hydrogen-bond donors (Lipinski definition) is 3. The summed E-state index contributed by atoms with van der Waals surface area (Å²) in [6.45, 7) is 4.41. The number of nitrogens with zero attached hydrogens (tertiary/aromatic N) is 1. The van der Waals surface area contributed by atoms with Crippen LogP contribution in [0.3, 0.4) is 0 Å². The van der Waals surface area contributed by atoms with Gasteiger partial charge in [0.05, 0.1) is 6.61 Å². The lowest BCUT2D eigenvalue weighted by molar-refractivity contribution is 0.275. The molecule has 1 aromatic rings. The molecule has 1 unspecified atom stereocenters. The summed E-state index contributed by atoms with van der Waals surface area (Å²) < 4.78 is 13.2. The average molecular weight is 267 g/mol. The highest BCUT2D eigenvalue weighted by molar-refractivity contribution is 5.79. The first-order valence-corrected chi connectivity index (χ1v) is 6.46. The zero-order valence-corrected chi connectivity index (χ0v) is 11.7. The van der Waals surface area contributed by atoms with Gasteiger partial charge in [0, 0.05) is 25.2 Å². The van der Waals surface area contributed by atoms with Gasteiger partial charge in [0.25, 0.3) is 0 Å². The van der Waals surface area contributed by atoms with E-state index in [0.29, 0.717) is 24.1 Å². The summed E-state index contributed by atoms with van der Waals surface area (Å²) in [5, 5.41) is 15.4. The van der Waals surface area contributed by atoms with Crippen LogP contribution in [0.25, 0.3) is 0 Å². The van der Waals surface area contributed by atoms with Crippen molar-refractivity contribution in [2.45, 2.75) is 39.5 Å². The fourth-order valence-corrected chi connectivity index (χ4v) is 1.58. The molecular weight excluding hydrogens is 245 g/mol. The van der Waals surface area contributed by atoms with E-state index in [9.17, 15) is 4.39 Å². The Morgan fingerprint density at radius 3 is 2.79 bits per heavy atom. The van der Waals surface area contributed by atoms with Crippen molar-refractivity contribution < 1.29 is 9.50 Å². The summed E-state index contributed by atoms with van der Waals surface area (Å²) in [4.78, 5) is 4.12. The van der Waals surface area contributed by atoms with Crippen molar-refractivity contribution in [2.24, 2.45) is 4.99 Å². The largest absolute Gasteiger partial charge is 0.392 e. The minimum atomic E-state index is -0.381. The monoisotopic (exact) mass is 267 g/mol. The molecular formula is C14H22FN3O. The Morgan fingerprint density at radius 2 is 2.21 bits per heavy atom. The molecule has 0 aliphatic rings. The Labute approximate surface area is 113 Å². The second-order valence-electron chi connectivity index (χ2n) is 4.46. The predicted molar refractivity (Wildman–Crippen MR) is 75.4 cm³/mol. The highest BCUT2D eigenvalue weighted by Gasteiger charge is 2.05. The number of rotatable bonds is 5. The quantitative estimate of drug-likeness (QED) is 0.563. The molecule has 0 saturated heterocycles. The smallest absolute Gasteiger partial charge is 0.191 e. The average Bonchev–Trinajstić information content (AvgIpc) is 2.44. The third-order valence-electron chi connectivity index (χ3n) is 2.96. The summed E-state index contributed by atoms with van der Waals surface area (Å²) in [7, 11) is 1.71. The fourth-order valence-electron chi connectivity index (χ4n) is 1.58. The maximum atomic E-state index is 13.2. The van der Waals surface area contributed by atoms with Crippen LogP contribution < -0.4 is 10.6 Å². The van der Waals surface area contributed by atoms with Gasteiger partial charge in [-0.15, -0.1) is 0 Å². The van der Waals surface area contributed by atoms with E-state index in [4.69, 9.17) is 5.11 Å². The van der Waals surface area contributed by atoms with E-state index in [-0.39, 0.29) is 12.4 Å².